The van der Waals surface area contributed by atoms with Crippen LogP contribution in [-0.4, -0.2) is 19.1 Å². The zero-order chi connectivity index (χ0) is 13.9. The molecule has 0 saturated carbocycles. The minimum absolute atomic E-state index is 0.0374. The number of unbranched alkanes of at least 4 members (excludes halogenated alkanes) is 1. The molecule has 0 spiro atoms. The molecular weight excluding hydrogens is 238 g/mol. The quantitative estimate of drug-likeness (QED) is 0.574. The van der Waals surface area contributed by atoms with Crippen molar-refractivity contribution in [1.82, 2.24) is 5.32 Å². The monoisotopic (exact) mass is 261 g/mol. The van der Waals surface area contributed by atoms with E-state index in [-0.39, 0.29) is 5.91 Å². The number of carbonyl (C=O) groups excluding carboxylic acids is 1. The summed E-state index contributed by atoms with van der Waals surface area (Å²) < 4.78 is 5.55. The fourth-order valence-corrected chi connectivity index (χ4v) is 1.57. The molecule has 0 aliphatic carbocycles. The number of hydrogen-bond donors (Lipinski definition) is 1. The number of allylic oxidation sites excluding steroid dienone is 1. The second kappa shape index (κ2) is 9.20. The molecule has 0 heterocycles. The Kier molecular flexibility index (Phi) is 7.40. The number of benzene rings is 1. The van der Waals surface area contributed by atoms with E-state index in [2.05, 4.69) is 12.2 Å². The van der Waals surface area contributed by atoms with E-state index in [0.717, 1.165) is 31.6 Å². The molecule has 0 aliphatic rings. The van der Waals surface area contributed by atoms with Crippen LogP contribution in [0.1, 0.15) is 43.5 Å². The number of carbonyl (C=O) groups is 1. The fourth-order valence-electron chi connectivity index (χ4n) is 1.57. The van der Waals surface area contributed by atoms with Crippen LogP contribution < -0.4 is 10.1 Å². The van der Waals surface area contributed by atoms with Gasteiger partial charge in [0, 0.05) is 12.1 Å². The summed E-state index contributed by atoms with van der Waals surface area (Å²) in [6.45, 7) is 5.49. The molecule has 1 aromatic carbocycles. The molecule has 0 aromatic heterocycles. The zero-order valence-corrected chi connectivity index (χ0v) is 11.8. The minimum atomic E-state index is -0.0374. The van der Waals surface area contributed by atoms with Gasteiger partial charge in [-0.1, -0.05) is 25.5 Å². The summed E-state index contributed by atoms with van der Waals surface area (Å²) in [7, 11) is 0. The van der Waals surface area contributed by atoms with Gasteiger partial charge in [-0.15, -0.1) is 0 Å². The van der Waals surface area contributed by atoms with Gasteiger partial charge in [-0.05, 0) is 44.0 Å². The number of ether oxygens (including phenoxy) is 1. The molecule has 0 radical (unpaired) electrons. The third-order valence-electron chi connectivity index (χ3n) is 2.72. The molecule has 0 aliphatic heterocycles. The van der Waals surface area contributed by atoms with Gasteiger partial charge in [0.05, 0.1) is 6.61 Å². The van der Waals surface area contributed by atoms with Gasteiger partial charge in [0.2, 0.25) is 0 Å². The highest BCUT2D eigenvalue weighted by atomic mass is 16.5. The van der Waals surface area contributed by atoms with Crippen LogP contribution in [0.2, 0.25) is 0 Å². The van der Waals surface area contributed by atoms with Crippen molar-refractivity contribution in [3.63, 3.8) is 0 Å². The molecule has 1 amide bonds. The van der Waals surface area contributed by atoms with Gasteiger partial charge in [-0.2, -0.15) is 0 Å². The van der Waals surface area contributed by atoms with Crippen LogP contribution in [0.15, 0.2) is 36.4 Å². The lowest BCUT2D eigenvalue weighted by molar-refractivity contribution is 0.0954. The van der Waals surface area contributed by atoms with E-state index in [4.69, 9.17) is 4.74 Å². The average Bonchev–Trinajstić information content (AvgIpc) is 2.44. The third-order valence-corrected chi connectivity index (χ3v) is 2.72. The lowest BCUT2D eigenvalue weighted by Crippen LogP contribution is -2.23. The van der Waals surface area contributed by atoms with E-state index in [1.165, 1.54) is 0 Å². The first kappa shape index (κ1) is 15.3. The molecule has 3 nitrogen and oxygen atoms in total. The number of nitrogens with one attached hydrogen (secondary N) is 1. The standard InChI is InChI=1S/C16H23NO2/c1-3-5-7-12-17-16(18)14-8-10-15(11-9-14)19-13-6-4-2/h3,5,8-11H,4,6-7,12-13H2,1-2H3,(H,17,18)/b5-3+. The molecule has 19 heavy (non-hydrogen) atoms. The smallest absolute Gasteiger partial charge is 0.251 e. The van der Waals surface area contributed by atoms with E-state index >= 15 is 0 Å². The van der Waals surface area contributed by atoms with Gasteiger partial charge in [-0.25, -0.2) is 0 Å². The zero-order valence-electron chi connectivity index (χ0n) is 11.8. The van der Waals surface area contributed by atoms with Gasteiger partial charge in [0.15, 0.2) is 0 Å². The molecule has 1 N–H and O–H groups in total. The summed E-state index contributed by atoms with van der Waals surface area (Å²) in [5.41, 5.74) is 0.670. The van der Waals surface area contributed by atoms with Crippen LogP contribution in [0.25, 0.3) is 0 Å². The summed E-state index contributed by atoms with van der Waals surface area (Å²) in [6.07, 6.45) is 7.04. The van der Waals surface area contributed by atoms with Gasteiger partial charge in [-0.3, -0.25) is 4.79 Å². The Labute approximate surface area is 115 Å². The first-order valence-electron chi connectivity index (χ1n) is 6.90. The molecule has 1 aromatic rings. The van der Waals surface area contributed by atoms with Crippen molar-refractivity contribution in [1.29, 1.82) is 0 Å². The predicted molar refractivity (Wildman–Crippen MR) is 78.6 cm³/mol. The van der Waals surface area contributed by atoms with E-state index in [0.29, 0.717) is 12.1 Å². The van der Waals surface area contributed by atoms with Crippen LogP contribution in [0.3, 0.4) is 0 Å². The van der Waals surface area contributed by atoms with Crippen molar-refractivity contribution in [3.8, 4) is 5.75 Å². The molecule has 0 fully saturated rings. The van der Waals surface area contributed by atoms with E-state index in [9.17, 15) is 4.79 Å². The average molecular weight is 261 g/mol. The highest BCUT2D eigenvalue weighted by Gasteiger charge is 2.04. The van der Waals surface area contributed by atoms with Gasteiger partial charge in [0.1, 0.15) is 5.75 Å². The second-order valence-corrected chi connectivity index (χ2v) is 4.34. The van der Waals surface area contributed by atoms with Crippen molar-refractivity contribution in [2.75, 3.05) is 13.2 Å². The normalized spacial score (nSPS) is 10.6. The molecule has 1 rings (SSSR count). The maximum atomic E-state index is 11.8. The molecule has 0 saturated heterocycles. The van der Waals surface area contributed by atoms with Crippen LogP contribution in [-0.2, 0) is 0 Å². The van der Waals surface area contributed by atoms with Crippen molar-refractivity contribution in [3.05, 3.63) is 42.0 Å². The number of hydrogen-bond acceptors (Lipinski definition) is 2. The van der Waals surface area contributed by atoms with Gasteiger partial charge >= 0.3 is 0 Å². The fraction of sp³-hybridized carbons (Fsp3) is 0.438. The van der Waals surface area contributed by atoms with E-state index in [1.807, 2.05) is 31.2 Å². The summed E-state index contributed by atoms with van der Waals surface area (Å²) in [6, 6.07) is 7.28. The largest absolute Gasteiger partial charge is 0.494 e. The van der Waals surface area contributed by atoms with Crippen LogP contribution in [0, 0.1) is 0 Å². The van der Waals surface area contributed by atoms with Crippen molar-refractivity contribution < 1.29 is 9.53 Å². The topological polar surface area (TPSA) is 38.3 Å². The van der Waals surface area contributed by atoms with Crippen LogP contribution >= 0.6 is 0 Å². The first-order valence-corrected chi connectivity index (χ1v) is 6.90. The molecule has 0 unspecified atom stereocenters. The maximum Gasteiger partial charge on any atom is 0.251 e. The summed E-state index contributed by atoms with van der Waals surface area (Å²) in [4.78, 5) is 11.8. The lowest BCUT2D eigenvalue weighted by Gasteiger charge is -2.07. The Morgan fingerprint density at radius 1 is 1.32 bits per heavy atom. The molecule has 0 bridgehead atoms. The molecule has 3 heteroatoms. The lowest BCUT2D eigenvalue weighted by atomic mass is 10.2. The SMILES string of the molecule is C/C=C/CCNC(=O)c1ccc(OCCCC)cc1. The Morgan fingerprint density at radius 2 is 2.05 bits per heavy atom. The summed E-state index contributed by atoms with van der Waals surface area (Å²) in [5, 5.41) is 2.87. The molecule has 0 atom stereocenters. The maximum absolute atomic E-state index is 11.8. The highest BCUT2D eigenvalue weighted by molar-refractivity contribution is 5.94. The minimum Gasteiger partial charge on any atom is -0.494 e. The van der Waals surface area contributed by atoms with Crippen molar-refractivity contribution >= 4 is 5.91 Å². The Bertz CT molecular complexity index is 396. The molecule has 104 valence electrons. The van der Waals surface area contributed by atoms with Crippen molar-refractivity contribution in [2.24, 2.45) is 0 Å². The van der Waals surface area contributed by atoms with Crippen LogP contribution in [0.4, 0.5) is 0 Å². The molecular formula is C16H23NO2. The van der Waals surface area contributed by atoms with Gasteiger partial charge < -0.3 is 10.1 Å². The van der Waals surface area contributed by atoms with Gasteiger partial charge in [0.25, 0.3) is 5.91 Å². The summed E-state index contributed by atoms with van der Waals surface area (Å²) in [5.74, 6) is 0.781. The number of rotatable bonds is 8. The predicted octanol–water partition coefficient (Wildman–Crippen LogP) is 3.56. The van der Waals surface area contributed by atoms with Crippen molar-refractivity contribution in [2.45, 2.75) is 33.1 Å². The summed E-state index contributed by atoms with van der Waals surface area (Å²) >= 11 is 0. The van der Waals surface area contributed by atoms with E-state index < -0.39 is 0 Å². The Hall–Kier alpha value is -1.77. The highest BCUT2D eigenvalue weighted by Crippen LogP contribution is 2.12. The number of amides is 1. The first-order chi connectivity index (χ1) is 9.27. The van der Waals surface area contributed by atoms with E-state index in [1.54, 1.807) is 12.1 Å². The van der Waals surface area contributed by atoms with Crippen LogP contribution in [0.5, 0.6) is 5.75 Å². The Balaban J connectivity index is 2.39. The second-order valence-electron chi connectivity index (χ2n) is 4.34. The Morgan fingerprint density at radius 3 is 2.68 bits per heavy atom. The third kappa shape index (κ3) is 6.09.